The van der Waals surface area contributed by atoms with Crippen molar-refractivity contribution in [3.63, 3.8) is 0 Å². The number of thiophene rings is 1. The van der Waals surface area contributed by atoms with E-state index in [9.17, 15) is 14.4 Å². The van der Waals surface area contributed by atoms with Gasteiger partial charge in [-0.3, -0.25) is 18.7 Å². The van der Waals surface area contributed by atoms with E-state index in [2.05, 4.69) is 5.32 Å². The Balaban J connectivity index is 1.93. The van der Waals surface area contributed by atoms with Crippen molar-refractivity contribution >= 4 is 33.1 Å². The van der Waals surface area contributed by atoms with Gasteiger partial charge in [0, 0.05) is 18.3 Å². The SMILES string of the molecule is COc1cccc(NC(=O)Cn2c(=O)n(CCC(C)C)c(=O)c3sccc32)c1. The van der Waals surface area contributed by atoms with Crippen molar-refractivity contribution in [2.75, 3.05) is 12.4 Å². The largest absolute Gasteiger partial charge is 0.497 e. The number of amides is 1. The van der Waals surface area contributed by atoms with Crippen molar-refractivity contribution in [2.24, 2.45) is 5.92 Å². The van der Waals surface area contributed by atoms with Crippen LogP contribution in [0.25, 0.3) is 10.2 Å². The molecule has 3 aromatic rings. The molecule has 28 heavy (non-hydrogen) atoms. The summed E-state index contributed by atoms with van der Waals surface area (Å²) in [7, 11) is 1.55. The number of hydrogen-bond donors (Lipinski definition) is 1. The number of carbonyl (C=O) groups excluding carboxylic acids is 1. The molecular weight excluding hydrogens is 378 g/mol. The third-order valence-corrected chi connectivity index (χ3v) is 5.31. The van der Waals surface area contributed by atoms with Crippen LogP contribution < -0.4 is 21.3 Å². The minimum atomic E-state index is -0.461. The van der Waals surface area contributed by atoms with Gasteiger partial charge in [-0.2, -0.15) is 0 Å². The second kappa shape index (κ2) is 8.43. The average molecular weight is 401 g/mol. The van der Waals surface area contributed by atoms with Crippen LogP contribution in [0.3, 0.4) is 0 Å². The van der Waals surface area contributed by atoms with Gasteiger partial charge >= 0.3 is 5.69 Å². The Hall–Kier alpha value is -2.87. The van der Waals surface area contributed by atoms with E-state index in [0.29, 0.717) is 40.5 Å². The van der Waals surface area contributed by atoms with Gasteiger partial charge in [0.1, 0.15) is 17.0 Å². The molecule has 3 rings (SSSR count). The van der Waals surface area contributed by atoms with Crippen molar-refractivity contribution < 1.29 is 9.53 Å². The number of nitrogens with zero attached hydrogens (tertiary/aromatic N) is 2. The fraction of sp³-hybridized carbons (Fsp3) is 0.350. The van der Waals surface area contributed by atoms with Gasteiger partial charge in [-0.1, -0.05) is 19.9 Å². The van der Waals surface area contributed by atoms with Gasteiger partial charge in [-0.15, -0.1) is 11.3 Å². The van der Waals surface area contributed by atoms with Crippen molar-refractivity contribution in [2.45, 2.75) is 33.4 Å². The number of rotatable bonds is 7. The lowest BCUT2D eigenvalue weighted by molar-refractivity contribution is -0.116. The summed E-state index contributed by atoms with van der Waals surface area (Å²) in [5.74, 6) is 0.629. The molecular formula is C20H23N3O4S. The molecule has 1 aromatic carbocycles. The number of methoxy groups -OCH3 is 1. The predicted octanol–water partition coefficient (Wildman–Crippen LogP) is 2.92. The van der Waals surface area contributed by atoms with Crippen molar-refractivity contribution in [3.05, 3.63) is 56.5 Å². The van der Waals surface area contributed by atoms with Gasteiger partial charge in [-0.05, 0) is 35.9 Å². The van der Waals surface area contributed by atoms with Crippen molar-refractivity contribution in [1.82, 2.24) is 9.13 Å². The second-order valence-electron chi connectivity index (χ2n) is 6.92. The first-order valence-electron chi connectivity index (χ1n) is 9.05. The number of aromatic nitrogens is 2. The first-order valence-corrected chi connectivity index (χ1v) is 9.93. The molecule has 7 nitrogen and oxygen atoms in total. The fourth-order valence-electron chi connectivity index (χ4n) is 2.92. The number of anilines is 1. The molecule has 0 atom stereocenters. The Labute approximate surface area is 166 Å². The van der Waals surface area contributed by atoms with Crippen LogP contribution in [0.15, 0.2) is 45.3 Å². The summed E-state index contributed by atoms with van der Waals surface area (Å²) in [6.07, 6.45) is 0.710. The Morgan fingerprint density at radius 2 is 2.00 bits per heavy atom. The fourth-order valence-corrected chi connectivity index (χ4v) is 3.76. The van der Waals surface area contributed by atoms with Crippen molar-refractivity contribution in [3.8, 4) is 5.75 Å². The number of carbonyl (C=O) groups is 1. The standard InChI is InChI=1S/C20H23N3O4S/c1-13(2)7-9-22-19(25)18-16(8-10-28-18)23(20(22)26)12-17(24)21-14-5-4-6-15(11-14)27-3/h4-6,8,10-11,13H,7,9,12H2,1-3H3,(H,21,24). The van der Waals surface area contributed by atoms with Crippen LogP contribution in [0.5, 0.6) is 5.75 Å². The highest BCUT2D eigenvalue weighted by Crippen LogP contribution is 2.18. The van der Waals surface area contributed by atoms with Gasteiger partial charge in [0.2, 0.25) is 5.91 Å². The second-order valence-corrected chi connectivity index (χ2v) is 7.84. The summed E-state index contributed by atoms with van der Waals surface area (Å²) >= 11 is 1.28. The van der Waals surface area contributed by atoms with Gasteiger partial charge in [0.25, 0.3) is 5.56 Å². The number of nitrogens with one attached hydrogen (secondary N) is 1. The first kappa shape index (κ1) is 19.9. The topological polar surface area (TPSA) is 82.3 Å². The van der Waals surface area contributed by atoms with Crippen LogP contribution in [0.2, 0.25) is 0 Å². The molecule has 0 bridgehead atoms. The summed E-state index contributed by atoms with van der Waals surface area (Å²) in [6.45, 7) is 4.23. The lowest BCUT2D eigenvalue weighted by atomic mass is 10.1. The highest BCUT2D eigenvalue weighted by Gasteiger charge is 2.16. The number of ether oxygens (including phenoxy) is 1. The maximum absolute atomic E-state index is 12.9. The van der Waals surface area contributed by atoms with E-state index in [4.69, 9.17) is 4.74 Å². The molecule has 1 N–H and O–H groups in total. The van der Waals surface area contributed by atoms with Crippen LogP contribution in [-0.2, 0) is 17.9 Å². The number of benzene rings is 1. The number of hydrogen-bond acceptors (Lipinski definition) is 5. The van der Waals surface area contributed by atoms with Gasteiger partial charge in [0.05, 0.1) is 12.6 Å². The summed E-state index contributed by atoms with van der Waals surface area (Å²) < 4.78 is 8.23. The smallest absolute Gasteiger partial charge is 0.332 e. The Kier molecular flexibility index (Phi) is 5.99. The maximum Gasteiger partial charge on any atom is 0.332 e. The van der Waals surface area contributed by atoms with Crippen LogP contribution in [0, 0.1) is 5.92 Å². The van der Waals surface area contributed by atoms with Crippen LogP contribution >= 0.6 is 11.3 Å². The Bertz CT molecular complexity index is 1110. The molecule has 0 radical (unpaired) electrons. The van der Waals surface area contributed by atoms with E-state index in [-0.39, 0.29) is 18.0 Å². The molecule has 148 valence electrons. The third kappa shape index (κ3) is 4.17. The first-order chi connectivity index (χ1) is 13.4. The van der Waals surface area contributed by atoms with E-state index in [1.807, 2.05) is 13.8 Å². The summed E-state index contributed by atoms with van der Waals surface area (Å²) in [5, 5.41) is 4.53. The summed E-state index contributed by atoms with van der Waals surface area (Å²) in [6, 6.07) is 8.69. The summed E-state index contributed by atoms with van der Waals surface area (Å²) in [5.41, 5.74) is 0.311. The van der Waals surface area contributed by atoms with E-state index < -0.39 is 5.69 Å². The lowest BCUT2D eigenvalue weighted by Gasteiger charge is -2.13. The molecule has 0 aliphatic heterocycles. The van der Waals surface area contributed by atoms with Gasteiger partial charge < -0.3 is 10.1 Å². The molecule has 1 amide bonds. The number of fused-ring (bicyclic) bond motifs is 1. The van der Waals surface area contributed by atoms with E-state index in [1.54, 1.807) is 42.8 Å². The maximum atomic E-state index is 12.9. The van der Waals surface area contributed by atoms with E-state index in [1.165, 1.54) is 20.5 Å². The van der Waals surface area contributed by atoms with Crippen molar-refractivity contribution in [1.29, 1.82) is 0 Å². The van der Waals surface area contributed by atoms with E-state index >= 15 is 0 Å². The molecule has 0 aliphatic rings. The third-order valence-electron chi connectivity index (χ3n) is 4.42. The predicted molar refractivity (Wildman–Crippen MR) is 111 cm³/mol. The van der Waals surface area contributed by atoms with Crippen LogP contribution in [0.1, 0.15) is 20.3 Å². The van der Waals surface area contributed by atoms with Crippen LogP contribution in [0.4, 0.5) is 5.69 Å². The average Bonchev–Trinajstić information content (AvgIpc) is 3.15. The summed E-state index contributed by atoms with van der Waals surface area (Å²) in [4.78, 5) is 38.2. The highest BCUT2D eigenvalue weighted by atomic mass is 32.1. The molecule has 2 aromatic heterocycles. The van der Waals surface area contributed by atoms with Crippen LogP contribution in [-0.4, -0.2) is 22.2 Å². The molecule has 0 unspecified atom stereocenters. The zero-order chi connectivity index (χ0) is 20.3. The highest BCUT2D eigenvalue weighted by molar-refractivity contribution is 7.17. The zero-order valence-electron chi connectivity index (χ0n) is 16.1. The monoisotopic (exact) mass is 401 g/mol. The van der Waals surface area contributed by atoms with Gasteiger partial charge in [0.15, 0.2) is 0 Å². The molecule has 0 saturated carbocycles. The quantitative estimate of drug-likeness (QED) is 0.660. The molecule has 0 spiro atoms. The lowest BCUT2D eigenvalue weighted by Crippen LogP contribution is -2.41. The molecule has 8 heteroatoms. The molecule has 0 saturated heterocycles. The zero-order valence-corrected chi connectivity index (χ0v) is 16.9. The minimum absolute atomic E-state index is 0.175. The van der Waals surface area contributed by atoms with Gasteiger partial charge in [-0.25, -0.2) is 4.79 Å². The Morgan fingerprint density at radius 1 is 1.21 bits per heavy atom. The van der Waals surface area contributed by atoms with E-state index in [0.717, 1.165) is 0 Å². The normalized spacial score (nSPS) is 11.1. The Morgan fingerprint density at radius 3 is 2.71 bits per heavy atom. The molecule has 0 fully saturated rings. The molecule has 2 heterocycles. The minimum Gasteiger partial charge on any atom is -0.497 e. The molecule has 0 aliphatic carbocycles.